The monoisotopic (exact) mass is 333 g/mol. The van der Waals surface area contributed by atoms with Crippen LogP contribution < -0.4 is 10.6 Å². The molecule has 0 spiro atoms. The van der Waals surface area contributed by atoms with Crippen molar-refractivity contribution < 1.29 is 5.48 Å². The van der Waals surface area contributed by atoms with Crippen molar-refractivity contribution in [1.82, 2.24) is 14.9 Å². The molecule has 1 fully saturated rings. The van der Waals surface area contributed by atoms with Crippen LogP contribution in [0, 0.1) is 0 Å². The zero-order valence-corrected chi connectivity index (χ0v) is 13.9. The van der Waals surface area contributed by atoms with Gasteiger partial charge in [-0.15, -0.1) is 11.3 Å². The van der Waals surface area contributed by atoms with E-state index in [4.69, 9.17) is 5.73 Å². The lowest BCUT2D eigenvalue weighted by molar-refractivity contribution is 0.170. The van der Waals surface area contributed by atoms with Crippen LogP contribution in [0.3, 0.4) is 0 Å². The number of fused-ring (bicyclic) bond motifs is 1. The van der Waals surface area contributed by atoms with Crippen molar-refractivity contribution in [1.29, 1.82) is 0 Å². The summed E-state index contributed by atoms with van der Waals surface area (Å²) in [4.78, 5) is 15.3. The Morgan fingerprint density at radius 3 is 2.74 bits per heavy atom. The summed E-state index contributed by atoms with van der Waals surface area (Å²) in [5.74, 6) is 1.10. The van der Waals surface area contributed by atoms with Crippen molar-refractivity contribution in [2.75, 3.05) is 36.8 Å². The molecule has 0 amide bonds. The van der Waals surface area contributed by atoms with Gasteiger partial charge in [-0.25, -0.2) is 9.97 Å². The SMILES string of the molecule is Nc1nc2c(s1)CC(N1CCN(c3ccccn3)CC1)CC2.O. The molecular formula is C16H23N5OS. The van der Waals surface area contributed by atoms with Crippen LogP contribution in [-0.4, -0.2) is 52.6 Å². The van der Waals surface area contributed by atoms with Gasteiger partial charge in [0.15, 0.2) is 5.13 Å². The van der Waals surface area contributed by atoms with Gasteiger partial charge in [0.25, 0.3) is 0 Å². The maximum atomic E-state index is 5.85. The minimum Gasteiger partial charge on any atom is -0.412 e. The Hall–Kier alpha value is -1.70. The van der Waals surface area contributed by atoms with Gasteiger partial charge in [0.1, 0.15) is 5.82 Å². The van der Waals surface area contributed by atoms with E-state index in [9.17, 15) is 0 Å². The Kier molecular flexibility index (Phi) is 4.79. The topological polar surface area (TPSA) is 89.8 Å². The molecule has 0 bridgehead atoms. The molecule has 0 radical (unpaired) electrons. The average molecular weight is 333 g/mol. The van der Waals surface area contributed by atoms with E-state index in [0.717, 1.165) is 50.0 Å². The van der Waals surface area contributed by atoms with E-state index in [2.05, 4.69) is 31.9 Å². The molecule has 1 atom stereocenters. The van der Waals surface area contributed by atoms with Gasteiger partial charge in [0.2, 0.25) is 0 Å². The van der Waals surface area contributed by atoms with Crippen molar-refractivity contribution in [3.8, 4) is 0 Å². The van der Waals surface area contributed by atoms with Crippen LogP contribution in [-0.2, 0) is 12.8 Å². The highest BCUT2D eigenvalue weighted by Crippen LogP contribution is 2.30. The number of anilines is 2. The van der Waals surface area contributed by atoms with Crippen molar-refractivity contribution in [2.45, 2.75) is 25.3 Å². The van der Waals surface area contributed by atoms with E-state index in [-0.39, 0.29) is 5.48 Å². The first-order valence-electron chi connectivity index (χ1n) is 7.93. The molecule has 4 rings (SSSR count). The van der Waals surface area contributed by atoms with E-state index in [1.165, 1.54) is 17.0 Å². The number of hydrogen-bond acceptors (Lipinski definition) is 6. The van der Waals surface area contributed by atoms with E-state index >= 15 is 0 Å². The fraction of sp³-hybridized carbons (Fsp3) is 0.500. The minimum absolute atomic E-state index is 0. The van der Waals surface area contributed by atoms with Crippen LogP contribution in [0.2, 0.25) is 0 Å². The van der Waals surface area contributed by atoms with Crippen LogP contribution in [0.5, 0.6) is 0 Å². The fourth-order valence-electron chi connectivity index (χ4n) is 3.55. The maximum Gasteiger partial charge on any atom is 0.180 e. The Bertz CT molecular complexity index is 639. The fourth-order valence-corrected chi connectivity index (χ4v) is 4.50. The summed E-state index contributed by atoms with van der Waals surface area (Å²) >= 11 is 1.67. The van der Waals surface area contributed by atoms with Gasteiger partial charge < -0.3 is 16.1 Å². The number of rotatable bonds is 2. The molecule has 7 heteroatoms. The third kappa shape index (κ3) is 3.31. The lowest BCUT2D eigenvalue weighted by atomic mass is 9.96. The van der Waals surface area contributed by atoms with Crippen LogP contribution in [0.4, 0.5) is 10.9 Å². The molecule has 2 aromatic rings. The summed E-state index contributed by atoms with van der Waals surface area (Å²) in [6.45, 7) is 4.35. The summed E-state index contributed by atoms with van der Waals surface area (Å²) in [5, 5.41) is 0.727. The molecular weight excluding hydrogens is 310 g/mol. The molecule has 23 heavy (non-hydrogen) atoms. The highest BCUT2D eigenvalue weighted by Gasteiger charge is 2.29. The minimum atomic E-state index is 0. The van der Waals surface area contributed by atoms with Crippen LogP contribution in [0.15, 0.2) is 24.4 Å². The zero-order valence-electron chi connectivity index (χ0n) is 13.1. The van der Waals surface area contributed by atoms with Crippen molar-refractivity contribution in [3.05, 3.63) is 35.0 Å². The molecule has 0 saturated carbocycles. The summed E-state index contributed by atoms with van der Waals surface area (Å²) in [6, 6.07) is 6.78. The van der Waals surface area contributed by atoms with Gasteiger partial charge in [-0.05, 0) is 31.4 Å². The van der Waals surface area contributed by atoms with Gasteiger partial charge >= 0.3 is 0 Å². The summed E-state index contributed by atoms with van der Waals surface area (Å²) < 4.78 is 0. The third-order valence-corrected chi connectivity index (χ3v) is 5.68. The molecule has 3 heterocycles. The number of nitrogens with two attached hydrogens (primary N) is 1. The molecule has 0 aromatic carbocycles. The van der Waals surface area contributed by atoms with Crippen LogP contribution >= 0.6 is 11.3 Å². The Balaban J connectivity index is 0.00000156. The molecule has 1 unspecified atom stereocenters. The summed E-state index contributed by atoms with van der Waals surface area (Å²) in [6.07, 6.45) is 5.28. The van der Waals surface area contributed by atoms with Gasteiger partial charge in [-0.1, -0.05) is 6.07 Å². The van der Waals surface area contributed by atoms with Gasteiger partial charge in [-0.2, -0.15) is 0 Å². The Labute approximate surface area is 140 Å². The van der Waals surface area contributed by atoms with Crippen molar-refractivity contribution >= 4 is 22.3 Å². The molecule has 124 valence electrons. The first kappa shape index (κ1) is 16.2. The van der Waals surface area contributed by atoms with Gasteiger partial charge in [0.05, 0.1) is 5.69 Å². The highest BCUT2D eigenvalue weighted by molar-refractivity contribution is 7.15. The normalized spacial score (nSPS) is 21.6. The zero-order chi connectivity index (χ0) is 14.9. The van der Waals surface area contributed by atoms with Crippen molar-refractivity contribution in [2.24, 2.45) is 0 Å². The van der Waals surface area contributed by atoms with Gasteiger partial charge in [-0.3, -0.25) is 4.90 Å². The van der Waals surface area contributed by atoms with Crippen LogP contribution in [0.25, 0.3) is 0 Å². The lowest BCUT2D eigenvalue weighted by Gasteiger charge is -2.40. The predicted molar refractivity (Wildman–Crippen MR) is 94.0 cm³/mol. The number of nitrogen functional groups attached to an aromatic ring is 1. The Morgan fingerprint density at radius 2 is 2.00 bits per heavy atom. The predicted octanol–water partition coefficient (Wildman–Crippen LogP) is 0.975. The molecule has 2 aromatic heterocycles. The van der Waals surface area contributed by atoms with E-state index in [0.29, 0.717) is 6.04 Å². The third-order valence-electron chi connectivity index (χ3n) is 4.73. The summed E-state index contributed by atoms with van der Waals surface area (Å²) in [7, 11) is 0. The van der Waals surface area contributed by atoms with E-state index in [1.54, 1.807) is 11.3 Å². The smallest absolute Gasteiger partial charge is 0.180 e. The standard InChI is InChI=1S/C16H21N5S.H2O/c17-16-19-13-5-4-12(11-14(13)22-16)20-7-9-21(10-8-20)15-3-1-2-6-18-15;/h1-3,6,12H,4-5,7-11H2,(H2,17,19);1H2. The number of hydrogen-bond donors (Lipinski definition) is 1. The molecule has 1 saturated heterocycles. The van der Waals surface area contributed by atoms with Crippen LogP contribution in [0.1, 0.15) is 17.0 Å². The molecule has 4 N–H and O–H groups in total. The summed E-state index contributed by atoms with van der Waals surface area (Å²) in [5.41, 5.74) is 7.09. The number of piperazine rings is 1. The number of aromatic nitrogens is 2. The average Bonchev–Trinajstić information content (AvgIpc) is 2.95. The maximum absolute atomic E-state index is 5.85. The van der Waals surface area contributed by atoms with E-state index < -0.39 is 0 Å². The molecule has 2 aliphatic rings. The second-order valence-corrected chi connectivity index (χ2v) is 7.14. The van der Waals surface area contributed by atoms with E-state index in [1.807, 2.05) is 12.3 Å². The molecule has 1 aliphatic carbocycles. The Morgan fingerprint density at radius 1 is 1.17 bits per heavy atom. The quantitative estimate of drug-likeness (QED) is 0.884. The van der Waals surface area contributed by atoms with Gasteiger partial charge in [0, 0.05) is 43.3 Å². The second kappa shape index (κ2) is 6.82. The number of thiazole rings is 1. The molecule has 6 nitrogen and oxygen atoms in total. The lowest BCUT2D eigenvalue weighted by Crippen LogP contribution is -2.51. The second-order valence-electron chi connectivity index (χ2n) is 6.03. The number of aryl methyl sites for hydroxylation is 1. The number of nitrogens with zero attached hydrogens (tertiary/aromatic N) is 4. The largest absolute Gasteiger partial charge is 0.412 e. The van der Waals surface area contributed by atoms with Crippen molar-refractivity contribution in [3.63, 3.8) is 0 Å². The first-order chi connectivity index (χ1) is 10.8. The highest BCUT2D eigenvalue weighted by atomic mass is 32.1. The first-order valence-corrected chi connectivity index (χ1v) is 8.75. The number of pyridine rings is 1. The molecule has 1 aliphatic heterocycles.